The topological polar surface area (TPSA) is 48.8 Å². The zero-order valence-electron chi connectivity index (χ0n) is 26.2. The van der Waals surface area contributed by atoms with E-state index in [9.17, 15) is 0 Å². The summed E-state index contributed by atoms with van der Waals surface area (Å²) in [7, 11) is 0. The second-order valence-corrected chi connectivity index (χ2v) is 12.6. The van der Waals surface area contributed by atoms with Gasteiger partial charge in [0, 0.05) is 38.5 Å². The normalized spacial score (nSPS) is 12.1. The third-order valence-corrected chi connectivity index (χ3v) is 9.96. The van der Waals surface area contributed by atoms with Gasteiger partial charge in [0.2, 0.25) is 5.71 Å². The van der Waals surface area contributed by atoms with Crippen LogP contribution >= 0.6 is 0 Å². The standard InChI is InChI=1S/C44H26N4O/c1-2-13-29(14-3-1)47-37-19-8-6-17-32(37)34-22-23-35-33-18-7-9-20-38(33)48(43(35)42(34)47)30-15-10-12-28(25-30)36-26-45-41-40-31-16-5-4-11-27(31)21-24-39(40)49-44(41)46-36/h1-26H. The molecule has 0 saturated heterocycles. The molecule has 0 fully saturated rings. The van der Waals surface area contributed by atoms with Gasteiger partial charge in [0.1, 0.15) is 11.1 Å². The van der Waals surface area contributed by atoms with Crippen LogP contribution in [-0.4, -0.2) is 19.1 Å². The molecule has 0 unspecified atom stereocenters. The fourth-order valence-electron chi connectivity index (χ4n) is 7.86. The first-order valence-electron chi connectivity index (χ1n) is 16.5. The third-order valence-electron chi connectivity index (χ3n) is 9.96. The van der Waals surface area contributed by atoms with Crippen molar-refractivity contribution in [2.75, 3.05) is 0 Å². The van der Waals surface area contributed by atoms with Gasteiger partial charge in [-0.05, 0) is 53.2 Å². The van der Waals surface area contributed by atoms with Crippen molar-refractivity contribution in [3.8, 4) is 22.6 Å². The smallest absolute Gasteiger partial charge is 0.246 e. The summed E-state index contributed by atoms with van der Waals surface area (Å²) < 4.78 is 11.1. The first-order valence-corrected chi connectivity index (χ1v) is 16.5. The summed E-state index contributed by atoms with van der Waals surface area (Å²) in [4.78, 5) is 9.96. The molecule has 4 aromatic heterocycles. The number of nitrogens with zero attached hydrogens (tertiary/aromatic N) is 4. The molecule has 0 amide bonds. The van der Waals surface area contributed by atoms with Crippen LogP contribution in [0.15, 0.2) is 162 Å². The SMILES string of the molecule is c1ccc(-n2c3ccccc3c3ccc4c5ccccc5n(-c5cccc(-c6cnc7c(n6)oc6ccc8ccccc8c67)c5)c4c32)cc1. The highest BCUT2D eigenvalue weighted by molar-refractivity contribution is 6.24. The van der Waals surface area contributed by atoms with Gasteiger partial charge in [0.05, 0.1) is 39.3 Å². The minimum atomic E-state index is 0.542. The van der Waals surface area contributed by atoms with E-state index in [0.717, 1.165) is 55.4 Å². The van der Waals surface area contributed by atoms with Gasteiger partial charge in [-0.25, -0.2) is 9.97 Å². The molecule has 0 bridgehead atoms. The van der Waals surface area contributed by atoms with E-state index in [0.29, 0.717) is 5.71 Å². The molecule has 0 spiro atoms. The molecule has 0 radical (unpaired) electrons. The molecule has 5 nitrogen and oxygen atoms in total. The van der Waals surface area contributed by atoms with E-state index in [-0.39, 0.29) is 0 Å². The predicted octanol–water partition coefficient (Wildman–Crippen LogP) is 11.4. The Balaban J connectivity index is 1.19. The van der Waals surface area contributed by atoms with Crippen LogP contribution in [0.1, 0.15) is 0 Å². The Morgan fingerprint density at radius 1 is 0.490 bits per heavy atom. The summed E-state index contributed by atoms with van der Waals surface area (Å²) in [6, 6.07) is 53.7. The van der Waals surface area contributed by atoms with Gasteiger partial charge >= 0.3 is 0 Å². The number of benzene rings is 7. The highest BCUT2D eigenvalue weighted by Crippen LogP contribution is 2.42. The summed E-state index contributed by atoms with van der Waals surface area (Å²) >= 11 is 0. The minimum Gasteiger partial charge on any atom is -0.436 e. The molecule has 0 atom stereocenters. The van der Waals surface area contributed by atoms with Crippen LogP contribution in [0.5, 0.6) is 0 Å². The summed E-state index contributed by atoms with van der Waals surface area (Å²) in [5.41, 5.74) is 10.7. The van der Waals surface area contributed by atoms with E-state index < -0.39 is 0 Å². The van der Waals surface area contributed by atoms with Gasteiger partial charge in [0.15, 0.2) is 0 Å². The molecule has 5 heteroatoms. The van der Waals surface area contributed by atoms with Crippen LogP contribution in [0.3, 0.4) is 0 Å². The Kier molecular flexibility index (Phi) is 5.32. The molecule has 0 saturated carbocycles. The van der Waals surface area contributed by atoms with Crippen LogP contribution in [0, 0.1) is 0 Å². The second kappa shape index (κ2) is 9.89. The monoisotopic (exact) mass is 626 g/mol. The van der Waals surface area contributed by atoms with Crippen molar-refractivity contribution < 1.29 is 4.42 Å². The zero-order valence-corrected chi connectivity index (χ0v) is 26.2. The van der Waals surface area contributed by atoms with Crippen LogP contribution < -0.4 is 0 Å². The second-order valence-electron chi connectivity index (χ2n) is 12.6. The van der Waals surface area contributed by atoms with E-state index in [2.05, 4.69) is 155 Å². The van der Waals surface area contributed by atoms with Crippen molar-refractivity contribution in [2.24, 2.45) is 0 Å². The summed E-state index contributed by atoms with van der Waals surface area (Å²) in [5, 5.41) is 8.16. The van der Waals surface area contributed by atoms with E-state index in [1.807, 2.05) is 12.3 Å². The lowest BCUT2D eigenvalue weighted by molar-refractivity contribution is 0.654. The summed E-state index contributed by atoms with van der Waals surface area (Å²) in [6.07, 6.45) is 1.87. The Morgan fingerprint density at radius 3 is 1.88 bits per heavy atom. The fraction of sp³-hybridized carbons (Fsp3) is 0. The van der Waals surface area contributed by atoms with Crippen LogP contribution in [-0.2, 0) is 0 Å². The molecule has 0 aliphatic carbocycles. The van der Waals surface area contributed by atoms with E-state index >= 15 is 0 Å². The molecule has 0 N–H and O–H groups in total. The number of para-hydroxylation sites is 3. The lowest BCUT2D eigenvalue weighted by Crippen LogP contribution is -1.99. The van der Waals surface area contributed by atoms with E-state index in [4.69, 9.17) is 14.4 Å². The Labute approximate surface area is 279 Å². The van der Waals surface area contributed by atoms with Gasteiger partial charge in [-0.1, -0.05) is 109 Å². The molecular formula is C44H26N4O. The maximum atomic E-state index is 6.29. The summed E-state index contributed by atoms with van der Waals surface area (Å²) in [6.45, 7) is 0. The van der Waals surface area contributed by atoms with Crippen LogP contribution in [0.2, 0.25) is 0 Å². The van der Waals surface area contributed by atoms with Gasteiger partial charge in [0.25, 0.3) is 0 Å². The lowest BCUT2D eigenvalue weighted by atomic mass is 10.1. The third kappa shape index (κ3) is 3.70. The van der Waals surface area contributed by atoms with Gasteiger partial charge in [-0.2, -0.15) is 0 Å². The van der Waals surface area contributed by atoms with Crippen molar-refractivity contribution in [2.45, 2.75) is 0 Å². The van der Waals surface area contributed by atoms with Crippen LogP contribution in [0.25, 0.3) is 99.2 Å². The van der Waals surface area contributed by atoms with Crippen molar-refractivity contribution in [1.29, 1.82) is 0 Å². The maximum absolute atomic E-state index is 6.29. The first-order chi connectivity index (χ1) is 24.3. The average Bonchev–Trinajstić information content (AvgIpc) is 3.83. The quantitative estimate of drug-likeness (QED) is 0.196. The van der Waals surface area contributed by atoms with E-state index in [1.54, 1.807) is 0 Å². The average molecular weight is 627 g/mol. The van der Waals surface area contributed by atoms with Gasteiger partial charge in [-0.3, -0.25) is 0 Å². The molecular weight excluding hydrogens is 601 g/mol. The van der Waals surface area contributed by atoms with Gasteiger partial charge in [-0.15, -0.1) is 0 Å². The highest BCUT2D eigenvalue weighted by Gasteiger charge is 2.21. The molecule has 11 rings (SSSR count). The largest absolute Gasteiger partial charge is 0.436 e. The van der Waals surface area contributed by atoms with Crippen molar-refractivity contribution >= 4 is 76.6 Å². The highest BCUT2D eigenvalue weighted by atomic mass is 16.3. The fourth-order valence-corrected chi connectivity index (χ4v) is 7.86. The molecule has 0 aliphatic rings. The Hall–Kier alpha value is -6.72. The van der Waals surface area contributed by atoms with Crippen molar-refractivity contribution in [1.82, 2.24) is 19.1 Å². The number of hydrogen-bond acceptors (Lipinski definition) is 3. The molecule has 7 aromatic carbocycles. The lowest BCUT2D eigenvalue weighted by Gasteiger charge is -2.13. The molecule has 11 aromatic rings. The van der Waals surface area contributed by atoms with Gasteiger partial charge < -0.3 is 13.6 Å². The number of hydrogen-bond donors (Lipinski definition) is 0. The Morgan fingerprint density at radius 2 is 1.12 bits per heavy atom. The number of fused-ring (bicyclic) bond motifs is 12. The number of aromatic nitrogens is 4. The number of furan rings is 1. The van der Waals surface area contributed by atoms with Crippen molar-refractivity contribution in [3.63, 3.8) is 0 Å². The maximum Gasteiger partial charge on any atom is 0.246 e. The molecule has 49 heavy (non-hydrogen) atoms. The first kappa shape index (κ1) is 26.4. The predicted molar refractivity (Wildman–Crippen MR) is 201 cm³/mol. The van der Waals surface area contributed by atoms with Crippen LogP contribution in [0.4, 0.5) is 0 Å². The number of rotatable bonds is 3. The minimum absolute atomic E-state index is 0.542. The molecule has 228 valence electrons. The zero-order chi connectivity index (χ0) is 32.1. The molecule has 0 aliphatic heterocycles. The Bertz CT molecular complexity index is 3110. The van der Waals surface area contributed by atoms with Crippen molar-refractivity contribution in [3.05, 3.63) is 158 Å². The molecule has 4 heterocycles. The van der Waals surface area contributed by atoms with E-state index in [1.165, 1.54) is 38.1 Å². The summed E-state index contributed by atoms with van der Waals surface area (Å²) in [5.74, 6) is 0.